The van der Waals surface area contributed by atoms with Gasteiger partial charge in [-0.2, -0.15) is 0 Å². The molecule has 1 aromatic rings. The summed E-state index contributed by atoms with van der Waals surface area (Å²) < 4.78 is 18.4. The van der Waals surface area contributed by atoms with E-state index in [1.165, 1.54) is 12.1 Å². The van der Waals surface area contributed by atoms with Crippen LogP contribution in [0.1, 0.15) is 31.2 Å². The summed E-state index contributed by atoms with van der Waals surface area (Å²) in [4.78, 5) is 12.1. The Morgan fingerprint density at radius 2 is 2.14 bits per heavy atom. The minimum Gasteiger partial charge on any atom is -0.378 e. The van der Waals surface area contributed by atoms with Crippen molar-refractivity contribution in [2.75, 3.05) is 26.3 Å². The smallest absolute Gasteiger partial charge is 0.221 e. The van der Waals surface area contributed by atoms with Crippen LogP contribution >= 0.6 is 0 Å². The van der Waals surface area contributed by atoms with E-state index in [0.29, 0.717) is 26.2 Å². The fourth-order valence-electron chi connectivity index (χ4n) is 3.29. The van der Waals surface area contributed by atoms with Gasteiger partial charge in [-0.05, 0) is 30.5 Å². The van der Waals surface area contributed by atoms with E-state index >= 15 is 0 Å². The van der Waals surface area contributed by atoms with Gasteiger partial charge in [-0.15, -0.1) is 0 Å². The largest absolute Gasteiger partial charge is 0.378 e. The molecule has 0 bridgehead atoms. The minimum absolute atomic E-state index is 0.0140. The van der Waals surface area contributed by atoms with Gasteiger partial charge >= 0.3 is 0 Å². The fraction of sp³-hybridized carbons (Fsp3) is 0.588. The third-order valence-corrected chi connectivity index (χ3v) is 4.82. The molecule has 120 valence electrons. The van der Waals surface area contributed by atoms with Crippen LogP contribution in [0, 0.1) is 5.82 Å². The molecule has 5 heteroatoms. The Kier molecular flexibility index (Phi) is 4.74. The molecule has 1 unspecified atom stereocenters. The maximum absolute atomic E-state index is 13.1. The first-order valence-electron chi connectivity index (χ1n) is 8.02. The number of nitrogens with one attached hydrogen (secondary N) is 2. The fourth-order valence-corrected chi connectivity index (χ4v) is 3.29. The van der Waals surface area contributed by atoms with Gasteiger partial charge in [0.1, 0.15) is 5.82 Å². The number of amides is 1. The third-order valence-electron chi connectivity index (χ3n) is 4.82. The first kappa shape index (κ1) is 15.4. The average Bonchev–Trinajstić information content (AvgIpc) is 2.49. The van der Waals surface area contributed by atoms with Crippen molar-refractivity contribution in [3.05, 3.63) is 35.6 Å². The molecule has 1 amide bonds. The van der Waals surface area contributed by atoms with Crippen LogP contribution in [0.15, 0.2) is 24.3 Å². The lowest BCUT2D eigenvalue weighted by Gasteiger charge is -2.42. The molecular weight excluding hydrogens is 283 g/mol. The molecule has 0 radical (unpaired) electrons. The number of benzene rings is 1. The summed E-state index contributed by atoms with van der Waals surface area (Å²) in [6, 6.07) is 6.80. The predicted molar refractivity (Wildman–Crippen MR) is 82.2 cm³/mol. The van der Waals surface area contributed by atoms with Crippen molar-refractivity contribution in [3.63, 3.8) is 0 Å². The van der Waals surface area contributed by atoms with Gasteiger partial charge in [-0.3, -0.25) is 4.79 Å². The lowest BCUT2D eigenvalue weighted by molar-refractivity contribution is -0.122. The quantitative estimate of drug-likeness (QED) is 0.871. The topological polar surface area (TPSA) is 50.4 Å². The molecular formula is C17H23FN2O2. The maximum Gasteiger partial charge on any atom is 0.221 e. The number of hydrogen-bond donors (Lipinski definition) is 2. The zero-order valence-corrected chi connectivity index (χ0v) is 12.7. The highest BCUT2D eigenvalue weighted by molar-refractivity contribution is 5.76. The van der Waals surface area contributed by atoms with Crippen LogP contribution in [0.2, 0.25) is 0 Å². The lowest BCUT2D eigenvalue weighted by Crippen LogP contribution is -2.48. The molecule has 4 nitrogen and oxygen atoms in total. The summed E-state index contributed by atoms with van der Waals surface area (Å²) in [6.45, 7) is 2.74. The Labute approximate surface area is 130 Å². The Bertz CT molecular complexity index is 508. The lowest BCUT2D eigenvalue weighted by atomic mass is 9.64. The van der Waals surface area contributed by atoms with E-state index in [1.54, 1.807) is 0 Å². The second kappa shape index (κ2) is 6.75. The Morgan fingerprint density at radius 3 is 2.73 bits per heavy atom. The molecule has 0 spiro atoms. The van der Waals surface area contributed by atoms with Crippen molar-refractivity contribution in [2.24, 2.45) is 0 Å². The van der Waals surface area contributed by atoms with E-state index in [1.807, 2.05) is 12.1 Å². The molecule has 22 heavy (non-hydrogen) atoms. The summed E-state index contributed by atoms with van der Waals surface area (Å²) in [7, 11) is 0. The number of ether oxygens (including phenoxy) is 1. The molecule has 1 saturated heterocycles. The van der Waals surface area contributed by atoms with Gasteiger partial charge in [0, 0.05) is 31.0 Å². The highest BCUT2D eigenvalue weighted by atomic mass is 19.1. The van der Waals surface area contributed by atoms with Crippen LogP contribution in [0.4, 0.5) is 4.39 Å². The van der Waals surface area contributed by atoms with Gasteiger partial charge < -0.3 is 15.4 Å². The predicted octanol–water partition coefficient (Wildman–Crippen LogP) is 1.74. The number of halogens is 1. The van der Waals surface area contributed by atoms with Crippen LogP contribution in [0.3, 0.4) is 0 Å². The summed E-state index contributed by atoms with van der Waals surface area (Å²) in [5.41, 5.74) is 1.11. The number of rotatable bonds is 5. The van der Waals surface area contributed by atoms with E-state index in [9.17, 15) is 9.18 Å². The molecule has 1 aliphatic carbocycles. The van der Waals surface area contributed by atoms with Gasteiger partial charge in [-0.1, -0.05) is 18.6 Å². The van der Waals surface area contributed by atoms with Gasteiger partial charge in [-0.25, -0.2) is 4.39 Å². The SMILES string of the molecule is O=C(CC1COCCN1)NCC1(c2ccc(F)cc2)CCC1. The van der Waals surface area contributed by atoms with E-state index < -0.39 is 0 Å². The molecule has 1 saturated carbocycles. The molecule has 3 rings (SSSR count). The van der Waals surface area contributed by atoms with E-state index in [-0.39, 0.29) is 23.2 Å². The molecule has 2 fully saturated rings. The maximum atomic E-state index is 13.1. The van der Waals surface area contributed by atoms with Crippen LogP contribution in [0.25, 0.3) is 0 Å². The van der Waals surface area contributed by atoms with Crippen molar-refractivity contribution >= 4 is 5.91 Å². The molecule has 1 heterocycles. The number of carbonyl (C=O) groups is 1. The summed E-state index contributed by atoms with van der Waals surface area (Å²) in [6.07, 6.45) is 3.69. The summed E-state index contributed by atoms with van der Waals surface area (Å²) in [5, 5.41) is 6.34. The van der Waals surface area contributed by atoms with Crippen molar-refractivity contribution in [1.29, 1.82) is 0 Å². The Morgan fingerprint density at radius 1 is 1.36 bits per heavy atom. The monoisotopic (exact) mass is 306 g/mol. The van der Waals surface area contributed by atoms with Crippen LogP contribution in [0.5, 0.6) is 0 Å². The van der Waals surface area contributed by atoms with Crippen molar-refractivity contribution in [2.45, 2.75) is 37.1 Å². The average molecular weight is 306 g/mol. The van der Waals surface area contributed by atoms with E-state index in [2.05, 4.69) is 10.6 Å². The molecule has 1 aromatic carbocycles. The molecule has 1 atom stereocenters. The van der Waals surface area contributed by atoms with Gasteiger partial charge in [0.15, 0.2) is 0 Å². The highest BCUT2D eigenvalue weighted by Crippen LogP contribution is 2.43. The Balaban J connectivity index is 1.54. The number of morpholine rings is 1. The molecule has 0 aromatic heterocycles. The first-order valence-corrected chi connectivity index (χ1v) is 8.02. The molecule has 2 aliphatic rings. The first-order chi connectivity index (χ1) is 10.7. The van der Waals surface area contributed by atoms with Crippen LogP contribution < -0.4 is 10.6 Å². The normalized spacial score (nSPS) is 23.6. The van der Waals surface area contributed by atoms with Gasteiger partial charge in [0.25, 0.3) is 0 Å². The van der Waals surface area contributed by atoms with Crippen molar-refractivity contribution in [1.82, 2.24) is 10.6 Å². The second-order valence-corrected chi connectivity index (χ2v) is 6.35. The highest BCUT2D eigenvalue weighted by Gasteiger charge is 2.38. The second-order valence-electron chi connectivity index (χ2n) is 6.35. The van der Waals surface area contributed by atoms with Gasteiger partial charge in [0.05, 0.1) is 13.2 Å². The molecule has 2 N–H and O–H groups in total. The minimum atomic E-state index is -0.217. The molecule has 1 aliphatic heterocycles. The zero-order valence-electron chi connectivity index (χ0n) is 12.7. The summed E-state index contributed by atoms with van der Waals surface area (Å²) >= 11 is 0. The number of hydrogen-bond acceptors (Lipinski definition) is 3. The van der Waals surface area contributed by atoms with Gasteiger partial charge in [0.2, 0.25) is 5.91 Å². The van der Waals surface area contributed by atoms with Crippen LogP contribution in [-0.2, 0) is 14.9 Å². The number of carbonyl (C=O) groups excluding carboxylic acids is 1. The van der Waals surface area contributed by atoms with Crippen molar-refractivity contribution < 1.29 is 13.9 Å². The summed E-state index contributed by atoms with van der Waals surface area (Å²) in [5.74, 6) is -0.165. The van der Waals surface area contributed by atoms with Crippen molar-refractivity contribution in [3.8, 4) is 0 Å². The van der Waals surface area contributed by atoms with E-state index in [4.69, 9.17) is 4.74 Å². The van der Waals surface area contributed by atoms with E-state index in [0.717, 1.165) is 31.4 Å². The zero-order chi connectivity index (χ0) is 15.4. The van der Waals surface area contributed by atoms with Crippen LogP contribution in [-0.4, -0.2) is 38.3 Å². The standard InChI is InChI=1S/C17H23FN2O2/c18-14-4-2-13(3-5-14)17(6-1-7-17)12-20-16(21)10-15-11-22-9-8-19-15/h2-5,15,19H,1,6-12H2,(H,20,21). The Hall–Kier alpha value is -1.46. The third kappa shape index (κ3) is 3.47.